The number of carbonyl (C=O) groups is 3. The van der Waals surface area contributed by atoms with Crippen LogP contribution < -0.4 is 4.74 Å². The van der Waals surface area contributed by atoms with Crippen molar-refractivity contribution in [1.82, 2.24) is 14.7 Å². The van der Waals surface area contributed by atoms with Gasteiger partial charge in [0.05, 0.1) is 20.3 Å². The largest absolute Gasteiger partial charge is 0.497 e. The Morgan fingerprint density at radius 3 is 2.00 bits per heavy atom. The molecule has 0 radical (unpaired) electrons. The molecule has 3 amide bonds. The Balaban J connectivity index is 1.37. The maximum atomic E-state index is 12.9. The Hall–Kier alpha value is -3.13. The van der Waals surface area contributed by atoms with Gasteiger partial charge in [0.2, 0.25) is 0 Å². The molecular weight excluding hydrogens is 386 g/mol. The van der Waals surface area contributed by atoms with Crippen molar-refractivity contribution >= 4 is 28.5 Å². The van der Waals surface area contributed by atoms with Crippen molar-refractivity contribution < 1.29 is 23.9 Å². The van der Waals surface area contributed by atoms with E-state index < -0.39 is 11.8 Å². The van der Waals surface area contributed by atoms with Crippen LogP contribution in [0.4, 0.5) is 0 Å². The van der Waals surface area contributed by atoms with E-state index in [4.69, 9.17) is 9.47 Å². The zero-order valence-corrected chi connectivity index (χ0v) is 17.0. The van der Waals surface area contributed by atoms with Gasteiger partial charge in [0.15, 0.2) is 0 Å². The molecule has 2 aliphatic heterocycles. The van der Waals surface area contributed by atoms with Crippen LogP contribution in [0.3, 0.4) is 0 Å². The number of morpholine rings is 1. The molecule has 0 aliphatic carbocycles. The van der Waals surface area contributed by atoms with Crippen LogP contribution in [0, 0.1) is 0 Å². The molecule has 4 rings (SSSR count). The van der Waals surface area contributed by atoms with Crippen LogP contribution in [0.5, 0.6) is 5.75 Å². The topological polar surface area (TPSA) is 79.4 Å². The minimum Gasteiger partial charge on any atom is -0.497 e. The zero-order valence-electron chi connectivity index (χ0n) is 17.0. The molecule has 2 saturated heterocycles. The van der Waals surface area contributed by atoms with Crippen molar-refractivity contribution in [2.75, 3.05) is 59.6 Å². The Morgan fingerprint density at radius 2 is 1.33 bits per heavy atom. The van der Waals surface area contributed by atoms with E-state index in [-0.39, 0.29) is 5.91 Å². The molecule has 2 aromatic rings. The molecule has 2 aliphatic rings. The SMILES string of the molecule is COc1ccc2cc(C(=O)N3CCN(C(=O)C(=O)N4CCOCC4)CC3)ccc2c1. The number of benzene rings is 2. The first-order chi connectivity index (χ1) is 14.6. The fraction of sp³-hybridized carbons (Fsp3) is 0.409. The molecule has 30 heavy (non-hydrogen) atoms. The lowest BCUT2D eigenvalue weighted by Crippen LogP contribution is -2.55. The monoisotopic (exact) mass is 411 g/mol. The molecule has 0 saturated carbocycles. The molecule has 8 heteroatoms. The number of methoxy groups -OCH3 is 1. The first-order valence-corrected chi connectivity index (χ1v) is 10.1. The molecular formula is C22H25N3O5. The Bertz CT molecular complexity index is 962. The van der Waals surface area contributed by atoms with Crippen molar-refractivity contribution in [2.45, 2.75) is 0 Å². The number of nitrogens with zero attached hydrogens (tertiary/aromatic N) is 3. The van der Waals surface area contributed by atoms with Crippen molar-refractivity contribution in [3.05, 3.63) is 42.0 Å². The highest BCUT2D eigenvalue weighted by molar-refractivity contribution is 6.35. The van der Waals surface area contributed by atoms with Gasteiger partial charge in [-0.3, -0.25) is 14.4 Å². The number of hydrogen-bond donors (Lipinski definition) is 0. The molecule has 0 atom stereocenters. The second-order valence-electron chi connectivity index (χ2n) is 7.42. The Labute approximate surface area is 174 Å². The lowest BCUT2D eigenvalue weighted by molar-refractivity contribution is -0.154. The average molecular weight is 411 g/mol. The van der Waals surface area contributed by atoms with Gasteiger partial charge in [-0.1, -0.05) is 12.1 Å². The van der Waals surface area contributed by atoms with Crippen LogP contribution in [-0.2, 0) is 14.3 Å². The summed E-state index contributed by atoms with van der Waals surface area (Å²) >= 11 is 0. The summed E-state index contributed by atoms with van der Waals surface area (Å²) in [7, 11) is 1.62. The van der Waals surface area contributed by atoms with Gasteiger partial charge in [0, 0.05) is 44.8 Å². The van der Waals surface area contributed by atoms with E-state index in [0.717, 1.165) is 16.5 Å². The molecule has 0 aromatic heterocycles. The second-order valence-corrected chi connectivity index (χ2v) is 7.42. The maximum Gasteiger partial charge on any atom is 0.312 e. The van der Waals surface area contributed by atoms with Crippen molar-refractivity contribution in [2.24, 2.45) is 0 Å². The lowest BCUT2D eigenvalue weighted by Gasteiger charge is -2.36. The summed E-state index contributed by atoms with van der Waals surface area (Å²) in [6.45, 7) is 3.31. The van der Waals surface area contributed by atoms with Gasteiger partial charge in [-0.25, -0.2) is 0 Å². The Morgan fingerprint density at radius 1 is 0.767 bits per heavy atom. The van der Waals surface area contributed by atoms with E-state index in [2.05, 4.69) is 0 Å². The van der Waals surface area contributed by atoms with Gasteiger partial charge < -0.3 is 24.2 Å². The van der Waals surface area contributed by atoms with Crippen LogP contribution in [-0.4, -0.2) is 92.0 Å². The van der Waals surface area contributed by atoms with E-state index in [0.29, 0.717) is 58.0 Å². The highest BCUT2D eigenvalue weighted by Gasteiger charge is 2.31. The standard InChI is InChI=1S/C22H25N3O5/c1-29-19-5-4-16-14-18(3-2-17(16)15-19)20(26)23-6-8-24(9-7-23)21(27)22(28)25-10-12-30-13-11-25/h2-5,14-15H,6-13H2,1H3. The average Bonchev–Trinajstić information content (AvgIpc) is 2.82. The smallest absolute Gasteiger partial charge is 0.312 e. The molecule has 8 nitrogen and oxygen atoms in total. The summed E-state index contributed by atoms with van der Waals surface area (Å²) in [5.74, 6) is -0.278. The molecule has 0 bridgehead atoms. The molecule has 158 valence electrons. The highest BCUT2D eigenvalue weighted by atomic mass is 16.5. The first-order valence-electron chi connectivity index (χ1n) is 10.1. The van der Waals surface area contributed by atoms with E-state index in [1.54, 1.807) is 12.0 Å². The fourth-order valence-corrected chi connectivity index (χ4v) is 3.82. The third-order valence-corrected chi connectivity index (χ3v) is 5.63. The van der Waals surface area contributed by atoms with Crippen LogP contribution in [0.1, 0.15) is 10.4 Å². The number of carbonyl (C=O) groups excluding carboxylic acids is 3. The van der Waals surface area contributed by atoms with Crippen LogP contribution in [0.15, 0.2) is 36.4 Å². The van der Waals surface area contributed by atoms with Crippen molar-refractivity contribution in [1.29, 1.82) is 0 Å². The number of ether oxygens (including phenoxy) is 2. The van der Waals surface area contributed by atoms with Crippen LogP contribution >= 0.6 is 0 Å². The number of fused-ring (bicyclic) bond motifs is 1. The van der Waals surface area contributed by atoms with Gasteiger partial charge in [-0.2, -0.15) is 0 Å². The van der Waals surface area contributed by atoms with Gasteiger partial charge in [0.25, 0.3) is 5.91 Å². The van der Waals surface area contributed by atoms with E-state index in [1.165, 1.54) is 9.80 Å². The van der Waals surface area contributed by atoms with E-state index >= 15 is 0 Å². The predicted molar refractivity (Wildman–Crippen MR) is 110 cm³/mol. The van der Waals surface area contributed by atoms with Crippen molar-refractivity contribution in [3.8, 4) is 5.75 Å². The quantitative estimate of drug-likeness (QED) is 0.689. The summed E-state index contributed by atoms with van der Waals surface area (Å²) in [4.78, 5) is 42.7. The van der Waals surface area contributed by atoms with E-state index in [9.17, 15) is 14.4 Å². The summed E-state index contributed by atoms with van der Waals surface area (Å²) in [5.41, 5.74) is 0.608. The summed E-state index contributed by atoms with van der Waals surface area (Å²) in [6, 6.07) is 11.3. The normalized spacial score (nSPS) is 17.2. The molecule has 2 fully saturated rings. The minimum absolute atomic E-state index is 0.0701. The number of hydrogen-bond acceptors (Lipinski definition) is 5. The third-order valence-electron chi connectivity index (χ3n) is 5.63. The maximum absolute atomic E-state index is 12.9. The van der Waals surface area contributed by atoms with Crippen molar-refractivity contribution in [3.63, 3.8) is 0 Å². The highest BCUT2D eigenvalue weighted by Crippen LogP contribution is 2.22. The fourth-order valence-electron chi connectivity index (χ4n) is 3.82. The second kappa shape index (κ2) is 8.71. The first kappa shape index (κ1) is 20.2. The van der Waals surface area contributed by atoms with Gasteiger partial charge in [-0.05, 0) is 35.0 Å². The lowest BCUT2D eigenvalue weighted by atomic mass is 10.1. The molecule has 0 N–H and O–H groups in total. The van der Waals surface area contributed by atoms with Gasteiger partial charge in [0.1, 0.15) is 5.75 Å². The third kappa shape index (κ3) is 4.09. The van der Waals surface area contributed by atoms with Crippen LogP contribution in [0.25, 0.3) is 10.8 Å². The van der Waals surface area contributed by atoms with Crippen LogP contribution in [0.2, 0.25) is 0 Å². The Kier molecular flexibility index (Phi) is 5.85. The summed E-state index contributed by atoms with van der Waals surface area (Å²) in [5, 5.41) is 1.97. The minimum atomic E-state index is -0.497. The molecule has 0 unspecified atom stereocenters. The molecule has 0 spiro atoms. The number of piperazine rings is 1. The number of amides is 3. The van der Waals surface area contributed by atoms with Gasteiger partial charge in [-0.15, -0.1) is 0 Å². The van der Waals surface area contributed by atoms with Gasteiger partial charge >= 0.3 is 11.8 Å². The summed E-state index contributed by atoms with van der Waals surface area (Å²) in [6.07, 6.45) is 0. The molecule has 2 heterocycles. The number of rotatable bonds is 2. The zero-order chi connectivity index (χ0) is 21.1. The summed E-state index contributed by atoms with van der Waals surface area (Å²) < 4.78 is 10.5. The molecule has 2 aromatic carbocycles. The predicted octanol–water partition coefficient (Wildman–Crippen LogP) is 0.992. The van der Waals surface area contributed by atoms with E-state index in [1.807, 2.05) is 36.4 Å².